The molecule has 1 saturated heterocycles. The number of nitrogens with zero attached hydrogens (tertiary/aromatic N) is 4. The molecule has 2 aromatic carbocycles. The first-order valence-corrected chi connectivity index (χ1v) is 12.8. The molecule has 2 aromatic heterocycles. The quantitative estimate of drug-likeness (QED) is 0.355. The lowest BCUT2D eigenvalue weighted by Crippen LogP contribution is -2.45. The number of aromatic nitrogens is 3. The van der Waals surface area contributed by atoms with Crippen LogP contribution in [0.25, 0.3) is 16.9 Å². The maximum Gasteiger partial charge on any atom is 0.272 e. The molecule has 0 bridgehead atoms. The Bertz CT molecular complexity index is 1540. The Morgan fingerprint density at radius 3 is 2.45 bits per heavy atom. The van der Waals surface area contributed by atoms with Gasteiger partial charge in [0.05, 0.1) is 41.7 Å². The third-order valence-electron chi connectivity index (χ3n) is 6.19. The summed E-state index contributed by atoms with van der Waals surface area (Å²) in [5, 5.41) is 9.57. The molecular formula is C28H24ClFN6O4. The number of benzene rings is 2. The van der Waals surface area contributed by atoms with Crippen LogP contribution in [0.5, 0.6) is 0 Å². The normalized spacial score (nSPS) is 13.1. The summed E-state index contributed by atoms with van der Waals surface area (Å²) in [5.74, 6) is -1.93. The van der Waals surface area contributed by atoms with Crippen molar-refractivity contribution in [3.8, 4) is 16.9 Å². The summed E-state index contributed by atoms with van der Waals surface area (Å²) in [6.07, 6.45) is 1.52. The van der Waals surface area contributed by atoms with Gasteiger partial charge in [-0.1, -0.05) is 35.9 Å². The highest BCUT2D eigenvalue weighted by Crippen LogP contribution is 2.28. The molecule has 0 saturated carbocycles. The van der Waals surface area contributed by atoms with E-state index < -0.39 is 17.6 Å². The highest BCUT2D eigenvalue weighted by Gasteiger charge is 2.22. The van der Waals surface area contributed by atoms with Gasteiger partial charge >= 0.3 is 0 Å². The minimum atomic E-state index is -0.645. The first-order chi connectivity index (χ1) is 19.4. The zero-order valence-electron chi connectivity index (χ0n) is 21.1. The third-order valence-corrected chi connectivity index (χ3v) is 6.50. The number of ether oxygens (including phenoxy) is 1. The molecule has 4 aromatic rings. The van der Waals surface area contributed by atoms with Crippen LogP contribution in [0.4, 0.5) is 10.2 Å². The van der Waals surface area contributed by atoms with Gasteiger partial charge in [0, 0.05) is 30.9 Å². The highest BCUT2D eigenvalue weighted by atomic mass is 35.5. The Morgan fingerprint density at radius 1 is 0.975 bits per heavy atom. The summed E-state index contributed by atoms with van der Waals surface area (Å²) in [5.41, 5.74) is 1.00. The molecular weight excluding hydrogens is 539 g/mol. The van der Waals surface area contributed by atoms with Crippen LogP contribution >= 0.6 is 11.6 Å². The number of morpholine rings is 1. The van der Waals surface area contributed by atoms with E-state index in [-0.39, 0.29) is 40.1 Å². The first kappa shape index (κ1) is 27.0. The number of amides is 3. The number of rotatable bonds is 7. The number of para-hydroxylation sites is 1. The van der Waals surface area contributed by atoms with Crippen molar-refractivity contribution in [3.05, 3.63) is 95.0 Å². The Labute approximate surface area is 233 Å². The number of halogens is 2. The van der Waals surface area contributed by atoms with E-state index in [9.17, 15) is 18.8 Å². The standard InChI is InChI=1S/C28H24ClFN6O4/c29-21-15-22(30)20(23-8-4-5-9-31-23)14-19(21)27(38)33-25-16-24(34-36(25)18-6-2-1-3-7-18)28(39)32-17-26(37)35-10-12-40-13-11-35/h1-9,14-16H,10-13,17H2,(H,32,39)(H,33,38). The van der Waals surface area contributed by atoms with Gasteiger partial charge in [0.1, 0.15) is 11.6 Å². The second-order valence-electron chi connectivity index (χ2n) is 8.82. The largest absolute Gasteiger partial charge is 0.378 e. The molecule has 12 heteroatoms. The predicted molar refractivity (Wildman–Crippen MR) is 146 cm³/mol. The lowest BCUT2D eigenvalue weighted by molar-refractivity contribution is -0.134. The van der Waals surface area contributed by atoms with Gasteiger partial charge in [-0.15, -0.1) is 0 Å². The summed E-state index contributed by atoms with van der Waals surface area (Å²) in [6, 6.07) is 17.6. The molecule has 1 fully saturated rings. The predicted octanol–water partition coefficient (Wildman–Crippen LogP) is 3.57. The Balaban J connectivity index is 1.40. The molecule has 40 heavy (non-hydrogen) atoms. The van der Waals surface area contributed by atoms with Gasteiger partial charge < -0.3 is 20.3 Å². The maximum atomic E-state index is 14.7. The van der Waals surface area contributed by atoms with Crippen LogP contribution in [0.1, 0.15) is 20.8 Å². The smallest absolute Gasteiger partial charge is 0.272 e. The molecule has 2 N–H and O–H groups in total. The van der Waals surface area contributed by atoms with Gasteiger partial charge in [0.2, 0.25) is 5.91 Å². The SMILES string of the molecule is O=C(NCC(=O)N1CCOCC1)c1cc(NC(=O)c2cc(-c3ccccn3)c(F)cc2Cl)n(-c2ccccc2)n1. The van der Waals surface area contributed by atoms with Crippen LogP contribution in [0, 0.1) is 5.82 Å². The van der Waals surface area contributed by atoms with Crippen LogP contribution in [-0.4, -0.2) is 70.2 Å². The minimum absolute atomic E-state index is 0.00615. The fourth-order valence-electron chi connectivity index (χ4n) is 4.14. The van der Waals surface area contributed by atoms with Gasteiger partial charge in [0.15, 0.2) is 5.69 Å². The monoisotopic (exact) mass is 562 g/mol. The number of carbonyl (C=O) groups is 3. The van der Waals surface area contributed by atoms with Crippen LogP contribution in [0.3, 0.4) is 0 Å². The molecule has 3 heterocycles. The van der Waals surface area contributed by atoms with Gasteiger partial charge in [-0.2, -0.15) is 5.10 Å². The summed E-state index contributed by atoms with van der Waals surface area (Å²) < 4.78 is 21.3. The number of hydrogen-bond donors (Lipinski definition) is 2. The Hall–Kier alpha value is -4.61. The van der Waals surface area contributed by atoms with Crippen molar-refractivity contribution < 1.29 is 23.5 Å². The molecule has 10 nitrogen and oxygen atoms in total. The number of carbonyl (C=O) groups excluding carboxylic acids is 3. The zero-order valence-corrected chi connectivity index (χ0v) is 21.9. The molecule has 0 atom stereocenters. The average Bonchev–Trinajstić information content (AvgIpc) is 3.41. The van der Waals surface area contributed by atoms with Crippen molar-refractivity contribution in [1.82, 2.24) is 25.0 Å². The van der Waals surface area contributed by atoms with Gasteiger partial charge in [-0.05, 0) is 36.4 Å². The number of hydrogen-bond acceptors (Lipinski definition) is 6. The maximum absolute atomic E-state index is 14.7. The fraction of sp³-hybridized carbons (Fsp3) is 0.179. The van der Waals surface area contributed by atoms with E-state index >= 15 is 0 Å². The summed E-state index contributed by atoms with van der Waals surface area (Å²) in [4.78, 5) is 44.5. The van der Waals surface area contributed by atoms with Gasteiger partial charge in [-0.3, -0.25) is 19.4 Å². The Kier molecular flexibility index (Phi) is 8.13. The fourth-order valence-corrected chi connectivity index (χ4v) is 4.38. The molecule has 0 unspecified atom stereocenters. The molecule has 0 radical (unpaired) electrons. The van der Waals surface area contributed by atoms with E-state index in [0.717, 1.165) is 6.07 Å². The van der Waals surface area contributed by atoms with Crippen LogP contribution < -0.4 is 10.6 Å². The van der Waals surface area contributed by atoms with Crippen molar-refractivity contribution >= 4 is 35.1 Å². The highest BCUT2D eigenvalue weighted by molar-refractivity contribution is 6.34. The first-order valence-electron chi connectivity index (χ1n) is 12.4. The second kappa shape index (κ2) is 12.1. The van der Waals surface area contributed by atoms with E-state index in [1.54, 1.807) is 47.4 Å². The molecule has 3 amide bonds. The molecule has 0 spiro atoms. The van der Waals surface area contributed by atoms with Crippen LogP contribution in [0.15, 0.2) is 72.9 Å². The number of anilines is 1. The topological polar surface area (TPSA) is 118 Å². The third kappa shape index (κ3) is 6.00. The van der Waals surface area contributed by atoms with Crippen molar-refractivity contribution in [3.63, 3.8) is 0 Å². The molecule has 0 aliphatic carbocycles. The second-order valence-corrected chi connectivity index (χ2v) is 9.23. The van der Waals surface area contributed by atoms with E-state index in [2.05, 4.69) is 20.7 Å². The average molecular weight is 563 g/mol. The van der Waals surface area contributed by atoms with Crippen molar-refractivity contribution in [1.29, 1.82) is 0 Å². The van der Waals surface area contributed by atoms with E-state index in [0.29, 0.717) is 37.7 Å². The van der Waals surface area contributed by atoms with Crippen molar-refractivity contribution in [2.75, 3.05) is 38.2 Å². The minimum Gasteiger partial charge on any atom is -0.378 e. The summed E-state index contributed by atoms with van der Waals surface area (Å²) in [7, 11) is 0. The lowest BCUT2D eigenvalue weighted by Gasteiger charge is -2.26. The lowest BCUT2D eigenvalue weighted by atomic mass is 10.1. The Morgan fingerprint density at radius 2 is 1.73 bits per heavy atom. The van der Waals surface area contributed by atoms with Crippen LogP contribution in [-0.2, 0) is 9.53 Å². The summed E-state index contributed by atoms with van der Waals surface area (Å²) in [6.45, 7) is 1.61. The van der Waals surface area contributed by atoms with E-state index in [4.69, 9.17) is 16.3 Å². The molecule has 5 rings (SSSR count). The molecule has 204 valence electrons. The molecule has 1 aliphatic heterocycles. The molecule has 1 aliphatic rings. The summed E-state index contributed by atoms with van der Waals surface area (Å²) >= 11 is 6.25. The van der Waals surface area contributed by atoms with E-state index in [1.807, 2.05) is 6.07 Å². The van der Waals surface area contributed by atoms with Crippen LogP contribution in [0.2, 0.25) is 5.02 Å². The van der Waals surface area contributed by atoms with E-state index in [1.165, 1.54) is 23.0 Å². The van der Waals surface area contributed by atoms with Crippen molar-refractivity contribution in [2.45, 2.75) is 0 Å². The van der Waals surface area contributed by atoms with Crippen molar-refractivity contribution in [2.24, 2.45) is 0 Å². The number of nitrogens with one attached hydrogen (secondary N) is 2. The van der Waals surface area contributed by atoms with Gasteiger partial charge in [0.25, 0.3) is 11.8 Å². The van der Waals surface area contributed by atoms with Gasteiger partial charge in [-0.25, -0.2) is 9.07 Å². The zero-order chi connectivity index (χ0) is 28.1. The number of pyridine rings is 1.